The molecule has 0 saturated heterocycles. The highest BCUT2D eigenvalue weighted by Gasteiger charge is 2.19. The molecule has 7 N–H and O–H groups in total. The number of nitrogens with two attached hydrogens (primary N) is 1. The molecular weight excluding hydrogens is 524 g/mol. The molecule has 216 valence electrons. The van der Waals surface area contributed by atoms with E-state index in [0.29, 0.717) is 17.2 Å². The molecule has 12 nitrogen and oxygen atoms in total. The minimum Gasteiger partial charge on any atom is -0.495 e. The summed E-state index contributed by atoms with van der Waals surface area (Å²) < 4.78 is 10.5. The minimum absolute atomic E-state index is 0. The average molecular weight is 565 g/mol. The first-order chi connectivity index (χ1) is 17.6. The van der Waals surface area contributed by atoms with Gasteiger partial charge in [-0.05, 0) is 57.9 Å². The van der Waals surface area contributed by atoms with Crippen LogP contribution in [0.1, 0.15) is 31.9 Å². The van der Waals surface area contributed by atoms with Gasteiger partial charge in [0.1, 0.15) is 11.5 Å². The number of para-hydroxylation sites is 2. The number of hydrogen-bond donors (Lipinski definition) is 6. The zero-order chi connectivity index (χ0) is 29.2. The van der Waals surface area contributed by atoms with Crippen LogP contribution in [0.25, 0.3) is 0 Å². The molecule has 0 radical (unpaired) electrons. The van der Waals surface area contributed by atoms with Crippen LogP contribution in [0.5, 0.6) is 11.5 Å². The maximum absolute atomic E-state index is 11.8. The molecule has 2 rings (SSSR count). The van der Waals surface area contributed by atoms with E-state index in [1.807, 2.05) is 65.0 Å². The predicted molar refractivity (Wildman–Crippen MR) is 159 cm³/mol. The summed E-state index contributed by atoms with van der Waals surface area (Å²) in [6.07, 6.45) is 0. The van der Waals surface area contributed by atoms with Gasteiger partial charge >= 0.3 is 12.1 Å². The Morgan fingerprint density at radius 3 is 1.54 bits per heavy atom. The van der Waals surface area contributed by atoms with Crippen LogP contribution in [0.3, 0.4) is 0 Å². The third kappa shape index (κ3) is 10.6. The van der Waals surface area contributed by atoms with Gasteiger partial charge in [-0.15, -0.1) is 12.4 Å². The number of carbonyl (C=O) groups excluding carboxylic acids is 2. The molecule has 0 saturated carbocycles. The lowest BCUT2D eigenvalue weighted by molar-refractivity contribution is 0.236. The van der Waals surface area contributed by atoms with Crippen molar-refractivity contribution in [3.8, 4) is 11.5 Å². The largest absolute Gasteiger partial charge is 0.495 e. The van der Waals surface area contributed by atoms with Gasteiger partial charge in [-0.25, -0.2) is 9.59 Å². The van der Waals surface area contributed by atoms with Crippen LogP contribution >= 0.6 is 12.4 Å². The Balaban J connectivity index is 0.000000737. The number of urea groups is 2. The molecule has 0 fully saturated rings. The summed E-state index contributed by atoms with van der Waals surface area (Å²) in [6.45, 7) is 9.46. The molecule has 0 aliphatic rings. The molecule has 13 heteroatoms. The smallest absolute Gasteiger partial charge is 0.321 e. The number of hydrogen-bond acceptors (Lipinski definition) is 6. The number of amides is 4. The number of rotatable bonds is 4. The van der Waals surface area contributed by atoms with Crippen LogP contribution in [0, 0.1) is 24.7 Å². The topological polar surface area (TPSA) is 169 Å². The van der Waals surface area contributed by atoms with E-state index in [0.717, 1.165) is 16.8 Å². The second-order valence-electron chi connectivity index (χ2n) is 9.39. The first kappa shape index (κ1) is 34.8. The number of methoxy groups -OCH3 is 2. The first-order valence-electron chi connectivity index (χ1n) is 11.7. The Kier molecular flexibility index (Phi) is 13.6. The molecule has 4 amide bonds. The van der Waals surface area contributed by atoms with E-state index in [4.69, 9.17) is 26.0 Å². The normalized spacial score (nSPS) is 9.97. The summed E-state index contributed by atoms with van der Waals surface area (Å²) in [7, 11) is 6.50. The van der Waals surface area contributed by atoms with Gasteiger partial charge in [0.25, 0.3) is 0 Å². The zero-order valence-corrected chi connectivity index (χ0v) is 24.8. The van der Waals surface area contributed by atoms with E-state index in [1.54, 1.807) is 39.3 Å². The number of nitrogens with zero attached hydrogens (tertiary/aromatic N) is 2. The standard InChI is InChI=1S/C15H24N4O2.C11H16N4O2.ClH/c1-10-8-7-9-11(21-6)12(10)19(5)13(16)17-14(20)18-15(2,3)4;1-7-5-4-6-8(17-3)9(7)15(2)10(12)14-11(13)16;/h7-9H,1-6H3,(H3,16,17,18,20);4-6H,1-3H3,(H4,12,13,14,16);1H. The van der Waals surface area contributed by atoms with Crippen LogP contribution in [0.4, 0.5) is 21.0 Å². The molecule has 2 aromatic carbocycles. The Labute approximate surface area is 236 Å². The van der Waals surface area contributed by atoms with E-state index in [1.165, 1.54) is 4.90 Å². The predicted octanol–water partition coefficient (Wildman–Crippen LogP) is 3.94. The molecule has 39 heavy (non-hydrogen) atoms. The number of guanidine groups is 2. The van der Waals surface area contributed by atoms with Crippen molar-refractivity contribution in [3.63, 3.8) is 0 Å². The molecule has 0 heterocycles. The van der Waals surface area contributed by atoms with Crippen LogP contribution in [0.15, 0.2) is 36.4 Å². The second kappa shape index (κ2) is 15.3. The van der Waals surface area contributed by atoms with Crippen molar-refractivity contribution in [3.05, 3.63) is 47.5 Å². The lowest BCUT2D eigenvalue weighted by Gasteiger charge is -2.26. The molecule has 0 atom stereocenters. The summed E-state index contributed by atoms with van der Waals surface area (Å²) in [5, 5.41) is 23.2. The number of carbonyl (C=O) groups is 2. The van der Waals surface area contributed by atoms with Gasteiger partial charge in [-0.1, -0.05) is 24.3 Å². The Morgan fingerprint density at radius 2 is 1.21 bits per heavy atom. The summed E-state index contributed by atoms with van der Waals surface area (Å²) >= 11 is 0. The number of benzene rings is 2. The number of anilines is 2. The maximum atomic E-state index is 11.8. The number of aryl methyl sites for hydroxylation is 2. The van der Waals surface area contributed by atoms with E-state index in [2.05, 4.69) is 16.0 Å². The molecule has 0 bridgehead atoms. The van der Waals surface area contributed by atoms with Gasteiger partial charge in [0.05, 0.1) is 25.6 Å². The molecule has 0 unspecified atom stereocenters. The van der Waals surface area contributed by atoms with Crippen molar-refractivity contribution in [1.29, 1.82) is 10.8 Å². The second-order valence-corrected chi connectivity index (χ2v) is 9.39. The highest BCUT2D eigenvalue weighted by molar-refractivity contribution is 6.05. The average Bonchev–Trinajstić information content (AvgIpc) is 2.81. The first-order valence-corrected chi connectivity index (χ1v) is 11.7. The molecule has 2 aromatic rings. The van der Waals surface area contributed by atoms with E-state index in [9.17, 15) is 9.59 Å². The molecule has 0 aromatic heterocycles. The number of primary amides is 1. The maximum Gasteiger partial charge on any atom is 0.321 e. The van der Waals surface area contributed by atoms with Gasteiger partial charge < -0.3 is 30.3 Å². The van der Waals surface area contributed by atoms with Crippen molar-refractivity contribution < 1.29 is 19.1 Å². The lowest BCUT2D eigenvalue weighted by Crippen LogP contribution is -2.51. The van der Waals surface area contributed by atoms with Crippen LogP contribution in [-0.2, 0) is 0 Å². The van der Waals surface area contributed by atoms with Gasteiger partial charge in [-0.3, -0.25) is 21.5 Å². The quantitative estimate of drug-likeness (QED) is 0.243. The summed E-state index contributed by atoms with van der Waals surface area (Å²) in [6, 6.07) is 9.99. The summed E-state index contributed by atoms with van der Waals surface area (Å²) in [5.74, 6) is 1.15. The minimum atomic E-state index is -0.769. The van der Waals surface area contributed by atoms with Crippen LogP contribution < -0.4 is 41.0 Å². The molecule has 0 aliphatic carbocycles. The highest BCUT2D eigenvalue weighted by Crippen LogP contribution is 2.31. The fourth-order valence-corrected chi connectivity index (χ4v) is 3.44. The lowest BCUT2D eigenvalue weighted by atomic mass is 10.1. The monoisotopic (exact) mass is 564 g/mol. The van der Waals surface area contributed by atoms with Crippen molar-refractivity contribution in [2.45, 2.75) is 40.2 Å². The van der Waals surface area contributed by atoms with E-state index < -0.39 is 12.1 Å². The van der Waals surface area contributed by atoms with Crippen LogP contribution in [-0.4, -0.2) is 57.8 Å². The fourth-order valence-electron chi connectivity index (χ4n) is 3.44. The summed E-state index contributed by atoms with van der Waals surface area (Å²) in [5.41, 5.74) is 7.97. The van der Waals surface area contributed by atoms with Crippen molar-refractivity contribution in [2.24, 2.45) is 5.73 Å². The van der Waals surface area contributed by atoms with E-state index in [-0.39, 0.29) is 29.9 Å². The zero-order valence-electron chi connectivity index (χ0n) is 24.0. The fraction of sp³-hybridized carbons (Fsp3) is 0.385. The van der Waals surface area contributed by atoms with Gasteiger partial charge in [0.15, 0.2) is 0 Å². The van der Waals surface area contributed by atoms with Crippen molar-refractivity contribution in [2.75, 3.05) is 38.1 Å². The Bertz CT molecular complexity index is 1170. The SMILES string of the molecule is COc1cccc(C)c1N(C)C(=N)NC(=O)NC(C)(C)C.COc1cccc(C)c1N(C)C(=N)NC(N)=O.Cl. The Morgan fingerprint density at radius 1 is 0.821 bits per heavy atom. The molecule has 0 aliphatic heterocycles. The third-order valence-corrected chi connectivity index (χ3v) is 5.15. The number of ether oxygens (including phenoxy) is 2. The molecule has 0 spiro atoms. The number of nitrogens with one attached hydrogen (secondary N) is 5. The highest BCUT2D eigenvalue weighted by atomic mass is 35.5. The van der Waals surface area contributed by atoms with Gasteiger partial charge in [0, 0.05) is 19.6 Å². The van der Waals surface area contributed by atoms with Gasteiger partial charge in [0.2, 0.25) is 11.9 Å². The van der Waals surface area contributed by atoms with Crippen molar-refractivity contribution in [1.82, 2.24) is 16.0 Å². The van der Waals surface area contributed by atoms with Crippen molar-refractivity contribution >= 4 is 47.8 Å². The van der Waals surface area contributed by atoms with Crippen LogP contribution in [0.2, 0.25) is 0 Å². The molecular formula is C26H41ClN8O4. The van der Waals surface area contributed by atoms with Gasteiger partial charge in [-0.2, -0.15) is 0 Å². The number of halogens is 1. The summed E-state index contributed by atoms with van der Waals surface area (Å²) in [4.78, 5) is 25.6. The third-order valence-electron chi connectivity index (χ3n) is 5.15. The Hall–Kier alpha value is -4.19. The van der Waals surface area contributed by atoms with E-state index >= 15 is 0 Å².